The molecule has 1 amide bonds. The summed E-state index contributed by atoms with van der Waals surface area (Å²) in [5.41, 5.74) is 8.45. The SMILES string of the molecule is Cc1cnn(-c2ccc(C(N)=O)cc2NCc2ccco2)c1. The third-order valence-corrected chi connectivity index (χ3v) is 3.27. The Bertz CT molecular complexity index is 790. The van der Waals surface area contributed by atoms with Gasteiger partial charge < -0.3 is 15.5 Å². The van der Waals surface area contributed by atoms with Gasteiger partial charge in [0, 0.05) is 11.8 Å². The van der Waals surface area contributed by atoms with Crippen LogP contribution in [0.2, 0.25) is 0 Å². The van der Waals surface area contributed by atoms with Crippen LogP contribution >= 0.6 is 0 Å². The van der Waals surface area contributed by atoms with Crippen LogP contribution in [0.25, 0.3) is 5.69 Å². The number of nitrogens with zero attached hydrogens (tertiary/aromatic N) is 2. The standard InChI is InChI=1S/C16H16N4O2/c1-11-8-19-20(10-11)15-5-4-12(16(17)21)7-14(15)18-9-13-3-2-6-22-13/h2-8,10,18H,9H2,1H3,(H2,17,21). The van der Waals surface area contributed by atoms with Gasteiger partial charge in [0.15, 0.2) is 0 Å². The number of amides is 1. The van der Waals surface area contributed by atoms with Gasteiger partial charge in [-0.2, -0.15) is 5.10 Å². The molecule has 0 saturated carbocycles. The Morgan fingerprint density at radius 3 is 2.91 bits per heavy atom. The van der Waals surface area contributed by atoms with Crippen LogP contribution in [0.15, 0.2) is 53.4 Å². The van der Waals surface area contributed by atoms with Crippen LogP contribution in [-0.2, 0) is 6.54 Å². The molecular formula is C16H16N4O2. The highest BCUT2D eigenvalue weighted by Gasteiger charge is 2.10. The van der Waals surface area contributed by atoms with E-state index in [-0.39, 0.29) is 0 Å². The van der Waals surface area contributed by atoms with Gasteiger partial charge in [0.1, 0.15) is 5.76 Å². The predicted octanol–water partition coefficient (Wildman–Crippen LogP) is 2.48. The molecule has 0 atom stereocenters. The fourth-order valence-corrected chi connectivity index (χ4v) is 2.17. The van der Waals surface area contributed by atoms with Crippen LogP contribution < -0.4 is 11.1 Å². The third-order valence-electron chi connectivity index (χ3n) is 3.27. The summed E-state index contributed by atoms with van der Waals surface area (Å²) in [4.78, 5) is 11.4. The van der Waals surface area contributed by atoms with E-state index in [0.717, 1.165) is 22.7 Å². The quantitative estimate of drug-likeness (QED) is 0.757. The number of anilines is 1. The van der Waals surface area contributed by atoms with Gasteiger partial charge >= 0.3 is 0 Å². The Morgan fingerprint density at radius 1 is 1.41 bits per heavy atom. The highest BCUT2D eigenvalue weighted by atomic mass is 16.3. The van der Waals surface area contributed by atoms with Crippen LogP contribution in [0, 0.1) is 6.92 Å². The topological polar surface area (TPSA) is 86.1 Å². The molecule has 6 nitrogen and oxygen atoms in total. The molecule has 0 aliphatic heterocycles. The molecule has 112 valence electrons. The van der Waals surface area contributed by atoms with Crippen molar-refractivity contribution < 1.29 is 9.21 Å². The number of aryl methyl sites for hydroxylation is 1. The van der Waals surface area contributed by atoms with Crippen LogP contribution in [-0.4, -0.2) is 15.7 Å². The van der Waals surface area contributed by atoms with Crippen LogP contribution in [0.5, 0.6) is 0 Å². The van der Waals surface area contributed by atoms with Gasteiger partial charge in [0.2, 0.25) is 5.91 Å². The lowest BCUT2D eigenvalue weighted by Gasteiger charge is -2.12. The van der Waals surface area contributed by atoms with E-state index in [2.05, 4.69) is 10.4 Å². The zero-order chi connectivity index (χ0) is 15.5. The largest absolute Gasteiger partial charge is 0.467 e. The Morgan fingerprint density at radius 2 is 2.27 bits per heavy atom. The van der Waals surface area contributed by atoms with Gasteiger partial charge in [-0.1, -0.05) is 0 Å². The Kier molecular flexibility index (Phi) is 3.65. The van der Waals surface area contributed by atoms with Crippen molar-refractivity contribution in [1.29, 1.82) is 0 Å². The van der Waals surface area contributed by atoms with Gasteiger partial charge in [0.05, 0.1) is 30.4 Å². The maximum Gasteiger partial charge on any atom is 0.248 e. The summed E-state index contributed by atoms with van der Waals surface area (Å²) in [6.45, 7) is 2.47. The van der Waals surface area contributed by atoms with Crippen molar-refractivity contribution in [2.45, 2.75) is 13.5 Å². The number of nitrogens with two attached hydrogens (primary N) is 1. The molecule has 0 fully saturated rings. The summed E-state index contributed by atoms with van der Waals surface area (Å²) >= 11 is 0. The lowest BCUT2D eigenvalue weighted by Crippen LogP contribution is -2.12. The summed E-state index contributed by atoms with van der Waals surface area (Å²) < 4.78 is 7.06. The zero-order valence-electron chi connectivity index (χ0n) is 12.1. The van der Waals surface area contributed by atoms with E-state index in [1.165, 1.54) is 0 Å². The Balaban J connectivity index is 1.95. The molecule has 2 heterocycles. The van der Waals surface area contributed by atoms with E-state index in [4.69, 9.17) is 10.2 Å². The third kappa shape index (κ3) is 2.85. The number of hydrogen-bond acceptors (Lipinski definition) is 4. The number of rotatable bonds is 5. The Labute approximate surface area is 127 Å². The second-order valence-electron chi connectivity index (χ2n) is 4.99. The minimum atomic E-state index is -0.468. The van der Waals surface area contributed by atoms with Gasteiger partial charge in [-0.15, -0.1) is 0 Å². The molecule has 3 rings (SSSR count). The minimum Gasteiger partial charge on any atom is -0.467 e. The van der Waals surface area contributed by atoms with Gasteiger partial charge in [0.25, 0.3) is 0 Å². The molecule has 0 bridgehead atoms. The van der Waals surface area contributed by atoms with E-state index in [0.29, 0.717) is 12.1 Å². The zero-order valence-corrected chi connectivity index (χ0v) is 12.1. The minimum absolute atomic E-state index is 0.439. The number of carbonyl (C=O) groups is 1. The van der Waals surface area contributed by atoms with Gasteiger partial charge in [-0.3, -0.25) is 4.79 Å². The molecule has 0 aliphatic carbocycles. The summed E-state index contributed by atoms with van der Waals surface area (Å²) in [5, 5.41) is 7.56. The molecule has 0 unspecified atom stereocenters. The average Bonchev–Trinajstić information content (AvgIpc) is 3.16. The maximum atomic E-state index is 11.4. The first-order valence-electron chi connectivity index (χ1n) is 6.85. The van der Waals surface area contributed by atoms with Crippen molar-refractivity contribution in [2.75, 3.05) is 5.32 Å². The first-order chi connectivity index (χ1) is 10.6. The smallest absolute Gasteiger partial charge is 0.248 e. The lowest BCUT2D eigenvalue weighted by molar-refractivity contribution is 0.100. The number of carbonyl (C=O) groups excluding carboxylic acids is 1. The highest BCUT2D eigenvalue weighted by Crippen LogP contribution is 2.23. The molecule has 22 heavy (non-hydrogen) atoms. The van der Waals surface area contributed by atoms with Crippen LogP contribution in [0.4, 0.5) is 5.69 Å². The fraction of sp³-hybridized carbons (Fsp3) is 0.125. The summed E-state index contributed by atoms with van der Waals surface area (Å²) in [7, 11) is 0. The number of nitrogens with one attached hydrogen (secondary N) is 1. The van der Waals surface area contributed by atoms with E-state index < -0.39 is 5.91 Å². The molecule has 0 saturated heterocycles. The molecule has 6 heteroatoms. The number of primary amides is 1. The monoisotopic (exact) mass is 296 g/mol. The molecule has 3 N–H and O–H groups in total. The average molecular weight is 296 g/mol. The molecule has 0 radical (unpaired) electrons. The molecule has 1 aromatic carbocycles. The van der Waals surface area contributed by atoms with Crippen LogP contribution in [0.1, 0.15) is 21.7 Å². The normalized spacial score (nSPS) is 10.6. The Hall–Kier alpha value is -3.02. The molecule has 0 aliphatic rings. The van der Waals surface area contributed by atoms with Crippen molar-refractivity contribution in [1.82, 2.24) is 9.78 Å². The second kappa shape index (κ2) is 5.77. The molecule has 3 aromatic rings. The van der Waals surface area contributed by atoms with E-state index in [1.807, 2.05) is 31.3 Å². The van der Waals surface area contributed by atoms with Crippen molar-refractivity contribution in [2.24, 2.45) is 5.73 Å². The number of aromatic nitrogens is 2. The first kappa shape index (κ1) is 13.9. The van der Waals surface area contributed by atoms with Crippen molar-refractivity contribution in [3.8, 4) is 5.69 Å². The van der Waals surface area contributed by atoms with Crippen molar-refractivity contribution in [3.05, 3.63) is 65.9 Å². The van der Waals surface area contributed by atoms with Gasteiger partial charge in [-0.25, -0.2) is 4.68 Å². The number of hydrogen-bond donors (Lipinski definition) is 2. The molecular weight excluding hydrogens is 280 g/mol. The summed E-state index contributed by atoms with van der Waals surface area (Å²) in [5.74, 6) is 0.330. The number of benzene rings is 1. The van der Waals surface area contributed by atoms with E-state index in [1.54, 1.807) is 29.3 Å². The maximum absolute atomic E-state index is 11.4. The summed E-state index contributed by atoms with van der Waals surface area (Å²) in [6, 6.07) is 8.93. The van der Waals surface area contributed by atoms with Crippen LogP contribution in [0.3, 0.4) is 0 Å². The molecule has 0 spiro atoms. The van der Waals surface area contributed by atoms with Crippen molar-refractivity contribution >= 4 is 11.6 Å². The summed E-state index contributed by atoms with van der Waals surface area (Å²) in [6.07, 6.45) is 5.31. The first-order valence-corrected chi connectivity index (χ1v) is 6.85. The fourth-order valence-electron chi connectivity index (χ4n) is 2.17. The van der Waals surface area contributed by atoms with E-state index in [9.17, 15) is 4.79 Å². The lowest BCUT2D eigenvalue weighted by atomic mass is 10.1. The highest BCUT2D eigenvalue weighted by molar-refractivity contribution is 5.94. The number of furan rings is 1. The van der Waals surface area contributed by atoms with E-state index >= 15 is 0 Å². The second-order valence-corrected chi connectivity index (χ2v) is 4.99. The van der Waals surface area contributed by atoms with Gasteiger partial charge in [-0.05, 0) is 42.8 Å². The predicted molar refractivity (Wildman–Crippen MR) is 82.9 cm³/mol. The van der Waals surface area contributed by atoms with Crippen molar-refractivity contribution in [3.63, 3.8) is 0 Å². The molecule has 2 aromatic heterocycles.